The molecule has 0 fully saturated rings. The van der Waals surface area contributed by atoms with E-state index in [2.05, 4.69) is 20.7 Å². The highest BCUT2D eigenvalue weighted by Crippen LogP contribution is 2.41. The number of aliphatic hydroxyl groups excluding tert-OH is 2. The minimum absolute atomic E-state index is 0.0834. The predicted octanol–water partition coefficient (Wildman–Crippen LogP) is 2.68. The zero-order valence-electron chi connectivity index (χ0n) is 26.5. The first-order valence-corrected chi connectivity index (χ1v) is 15.6. The predicted molar refractivity (Wildman–Crippen MR) is 173 cm³/mol. The number of imidazole rings is 2. The second kappa shape index (κ2) is 11.6. The van der Waals surface area contributed by atoms with Crippen molar-refractivity contribution in [3.05, 3.63) is 52.8 Å². The molecule has 2 aliphatic rings. The maximum atomic E-state index is 13.5. The second-order valence-corrected chi connectivity index (χ2v) is 12.2. The SMILES string of the molecule is CCn1nc(C)cc1C(=O)Nc1nc2cc(C(N)=O)cc3c2n1[C@@H](CC(O)C(O)CC1COc2cc(C)cc4nc(NC)n1c24)CO3. The van der Waals surface area contributed by atoms with Crippen molar-refractivity contribution >= 4 is 45.8 Å². The Labute approximate surface area is 269 Å². The third-order valence-electron chi connectivity index (χ3n) is 8.88. The third kappa shape index (κ3) is 5.20. The zero-order valence-corrected chi connectivity index (χ0v) is 26.5. The van der Waals surface area contributed by atoms with Crippen molar-refractivity contribution in [2.75, 3.05) is 30.9 Å². The molecule has 47 heavy (non-hydrogen) atoms. The van der Waals surface area contributed by atoms with Crippen LogP contribution in [0.5, 0.6) is 11.5 Å². The van der Waals surface area contributed by atoms with Crippen LogP contribution in [0.25, 0.3) is 22.1 Å². The molecule has 0 spiro atoms. The monoisotopic (exact) mass is 643 g/mol. The summed E-state index contributed by atoms with van der Waals surface area (Å²) in [4.78, 5) is 34.9. The van der Waals surface area contributed by atoms with Crippen molar-refractivity contribution in [3.8, 4) is 11.5 Å². The van der Waals surface area contributed by atoms with Crippen LogP contribution in [0.15, 0.2) is 30.3 Å². The number of nitrogens with one attached hydrogen (secondary N) is 2. The number of nitrogens with two attached hydrogens (primary N) is 1. The van der Waals surface area contributed by atoms with Crippen LogP contribution in [0.3, 0.4) is 0 Å². The van der Waals surface area contributed by atoms with E-state index in [1.54, 1.807) is 34.5 Å². The Hall–Kier alpha value is -5.15. The number of amides is 2. The van der Waals surface area contributed by atoms with Gasteiger partial charge in [0.15, 0.2) is 0 Å². The van der Waals surface area contributed by atoms with Crippen LogP contribution in [0, 0.1) is 13.8 Å². The molecular weight excluding hydrogens is 606 g/mol. The number of hydrogen-bond acceptors (Lipinski definition) is 10. The van der Waals surface area contributed by atoms with Crippen molar-refractivity contribution in [2.45, 2.75) is 64.4 Å². The van der Waals surface area contributed by atoms with E-state index >= 15 is 0 Å². The number of nitrogens with zero attached hydrogens (tertiary/aromatic N) is 6. The lowest BCUT2D eigenvalue weighted by atomic mass is 9.98. The summed E-state index contributed by atoms with van der Waals surface area (Å²) in [5, 5.41) is 33.2. The van der Waals surface area contributed by atoms with Crippen LogP contribution < -0.4 is 25.8 Å². The summed E-state index contributed by atoms with van der Waals surface area (Å²) >= 11 is 0. The summed E-state index contributed by atoms with van der Waals surface area (Å²) < 4.78 is 17.5. The Morgan fingerprint density at radius 2 is 1.53 bits per heavy atom. The largest absolute Gasteiger partial charge is 0.489 e. The number of anilines is 2. The number of aromatic nitrogens is 6. The molecule has 7 rings (SSSR count). The summed E-state index contributed by atoms with van der Waals surface area (Å²) in [6.45, 7) is 6.57. The summed E-state index contributed by atoms with van der Waals surface area (Å²) in [6, 6.07) is 7.91. The van der Waals surface area contributed by atoms with Crippen molar-refractivity contribution in [3.63, 3.8) is 0 Å². The van der Waals surface area contributed by atoms with Gasteiger partial charge >= 0.3 is 0 Å². The van der Waals surface area contributed by atoms with Crippen molar-refractivity contribution in [1.82, 2.24) is 28.9 Å². The molecule has 15 nitrogen and oxygen atoms in total. The molecule has 3 unspecified atom stereocenters. The molecule has 2 amide bonds. The molecule has 5 heterocycles. The number of ether oxygens (including phenoxy) is 2. The first-order chi connectivity index (χ1) is 22.6. The van der Waals surface area contributed by atoms with Crippen LogP contribution in [0.2, 0.25) is 0 Å². The zero-order chi connectivity index (χ0) is 33.1. The molecule has 2 aromatic carbocycles. The topological polar surface area (TPSA) is 197 Å². The fourth-order valence-corrected chi connectivity index (χ4v) is 6.73. The average molecular weight is 644 g/mol. The Morgan fingerprint density at radius 1 is 0.936 bits per heavy atom. The first kappa shape index (κ1) is 30.5. The van der Waals surface area contributed by atoms with E-state index in [1.165, 1.54) is 0 Å². The molecule has 0 saturated carbocycles. The minimum atomic E-state index is -1.17. The Bertz CT molecular complexity index is 2050. The summed E-state index contributed by atoms with van der Waals surface area (Å²) in [6.07, 6.45) is -2.02. The number of benzene rings is 2. The van der Waals surface area contributed by atoms with Gasteiger partial charge in [0, 0.05) is 19.2 Å². The molecule has 0 aliphatic carbocycles. The number of carbonyl (C=O) groups excluding carboxylic acids is 2. The second-order valence-electron chi connectivity index (χ2n) is 12.2. The quantitative estimate of drug-likeness (QED) is 0.151. The van der Waals surface area contributed by atoms with Gasteiger partial charge < -0.3 is 39.9 Å². The number of carbonyl (C=O) groups is 2. The fourth-order valence-electron chi connectivity index (χ4n) is 6.73. The Kier molecular flexibility index (Phi) is 7.51. The highest BCUT2D eigenvalue weighted by Gasteiger charge is 2.35. The van der Waals surface area contributed by atoms with Gasteiger partial charge in [0.25, 0.3) is 5.91 Å². The molecular formula is C32H37N9O6. The van der Waals surface area contributed by atoms with E-state index in [0.717, 1.165) is 22.3 Å². The van der Waals surface area contributed by atoms with Crippen molar-refractivity contribution in [2.24, 2.45) is 5.73 Å². The highest BCUT2D eigenvalue weighted by molar-refractivity contribution is 6.04. The highest BCUT2D eigenvalue weighted by atomic mass is 16.5. The maximum absolute atomic E-state index is 13.5. The van der Waals surface area contributed by atoms with Gasteiger partial charge in [-0.05, 0) is 69.5 Å². The number of hydrogen-bond donors (Lipinski definition) is 5. The molecule has 4 atom stereocenters. The van der Waals surface area contributed by atoms with Crippen LogP contribution in [-0.2, 0) is 6.54 Å². The van der Waals surface area contributed by atoms with E-state index in [0.29, 0.717) is 47.3 Å². The van der Waals surface area contributed by atoms with Gasteiger partial charge in [-0.25, -0.2) is 9.97 Å². The molecule has 246 valence electrons. The van der Waals surface area contributed by atoms with Gasteiger partial charge in [0.05, 0.1) is 41.0 Å². The number of aliphatic hydroxyl groups is 2. The van der Waals surface area contributed by atoms with Gasteiger partial charge in [-0.3, -0.25) is 19.6 Å². The molecule has 3 aromatic heterocycles. The summed E-state index contributed by atoms with van der Waals surface area (Å²) in [5.74, 6) is 0.902. The molecule has 15 heteroatoms. The number of rotatable bonds is 10. The van der Waals surface area contributed by atoms with E-state index in [4.69, 9.17) is 20.2 Å². The lowest BCUT2D eigenvalue weighted by Crippen LogP contribution is -2.36. The van der Waals surface area contributed by atoms with Gasteiger partial charge in [0.2, 0.25) is 17.8 Å². The van der Waals surface area contributed by atoms with Gasteiger partial charge in [-0.2, -0.15) is 5.10 Å². The van der Waals surface area contributed by atoms with Gasteiger partial charge in [0.1, 0.15) is 41.4 Å². The lowest BCUT2D eigenvalue weighted by molar-refractivity contribution is -0.0130. The number of primary amides is 1. The van der Waals surface area contributed by atoms with Crippen molar-refractivity contribution in [1.29, 1.82) is 0 Å². The van der Waals surface area contributed by atoms with Crippen LogP contribution in [0.4, 0.5) is 11.9 Å². The van der Waals surface area contributed by atoms with E-state index in [9.17, 15) is 19.8 Å². The van der Waals surface area contributed by atoms with Gasteiger partial charge in [-0.1, -0.05) is 0 Å². The minimum Gasteiger partial charge on any atom is -0.489 e. The van der Waals surface area contributed by atoms with Crippen molar-refractivity contribution < 1.29 is 29.3 Å². The summed E-state index contributed by atoms with van der Waals surface area (Å²) in [5.41, 5.74) is 10.4. The van der Waals surface area contributed by atoms with E-state index in [-0.39, 0.29) is 37.0 Å². The van der Waals surface area contributed by atoms with Crippen LogP contribution >= 0.6 is 0 Å². The average Bonchev–Trinajstić information content (AvgIpc) is 3.73. The fraction of sp³-hybridized carbons (Fsp3) is 0.406. The molecule has 0 saturated heterocycles. The molecule has 5 aromatic rings. The number of aryl methyl sites for hydroxylation is 3. The lowest BCUT2D eigenvalue weighted by Gasteiger charge is -2.32. The smallest absolute Gasteiger partial charge is 0.276 e. The maximum Gasteiger partial charge on any atom is 0.276 e. The molecule has 0 bridgehead atoms. The third-order valence-corrected chi connectivity index (χ3v) is 8.88. The van der Waals surface area contributed by atoms with E-state index < -0.39 is 30.1 Å². The standard InChI is InChI=1S/C32H37N9O6/c1-5-39-22(8-16(3)38-39)30(45)37-32-36-21-9-17(29(33)44)10-26-28(21)41(32)19(14-47-26)12-24(43)23(42)11-18-13-46-25-7-15(2)6-20-27(25)40(18)31(34-4)35-20/h6-10,18-19,23-24,42-43H,5,11-14H2,1-4H3,(H2,33,44)(H,34,35)(H,36,37,45)/t18?,19-,23?,24?/m0/s1. The van der Waals surface area contributed by atoms with Crippen LogP contribution in [0.1, 0.15) is 64.0 Å². The normalized spacial score (nSPS) is 18.1. The summed E-state index contributed by atoms with van der Waals surface area (Å²) in [7, 11) is 1.79. The Balaban J connectivity index is 1.18. The van der Waals surface area contributed by atoms with E-state index in [1.807, 2.05) is 37.5 Å². The first-order valence-electron chi connectivity index (χ1n) is 15.6. The molecule has 2 aliphatic heterocycles. The molecule has 6 N–H and O–H groups in total. The molecule has 0 radical (unpaired) electrons. The van der Waals surface area contributed by atoms with Crippen LogP contribution in [-0.4, -0.2) is 83.4 Å². The Morgan fingerprint density at radius 3 is 2.15 bits per heavy atom. The van der Waals surface area contributed by atoms with Gasteiger partial charge in [-0.15, -0.1) is 0 Å².